The van der Waals surface area contributed by atoms with Crippen LogP contribution in [0.1, 0.15) is 17.4 Å². The lowest BCUT2D eigenvalue weighted by Crippen LogP contribution is -2.34. The highest BCUT2D eigenvalue weighted by Gasteiger charge is 2.26. The SMILES string of the molecule is Cc1cc2c(NC(C)(CCl)c3ccccc3)ncnc2s1. The summed E-state index contributed by atoms with van der Waals surface area (Å²) in [6.07, 6.45) is 1.60. The van der Waals surface area contributed by atoms with Gasteiger partial charge in [-0.05, 0) is 25.5 Å². The smallest absolute Gasteiger partial charge is 0.138 e. The van der Waals surface area contributed by atoms with Crippen molar-refractivity contribution in [3.05, 3.63) is 53.2 Å². The number of aryl methyl sites for hydroxylation is 1. The molecular formula is C16H16ClN3S. The Labute approximate surface area is 133 Å². The van der Waals surface area contributed by atoms with Crippen LogP contribution >= 0.6 is 22.9 Å². The first-order valence-electron chi connectivity index (χ1n) is 6.73. The van der Waals surface area contributed by atoms with E-state index in [4.69, 9.17) is 11.6 Å². The van der Waals surface area contributed by atoms with Crippen LogP contribution in [0.3, 0.4) is 0 Å². The van der Waals surface area contributed by atoms with Gasteiger partial charge >= 0.3 is 0 Å². The first-order chi connectivity index (χ1) is 10.1. The van der Waals surface area contributed by atoms with Crippen LogP contribution in [0.2, 0.25) is 0 Å². The fourth-order valence-corrected chi connectivity index (χ4v) is 3.39. The van der Waals surface area contributed by atoms with Crippen LogP contribution in [-0.4, -0.2) is 15.8 Å². The lowest BCUT2D eigenvalue weighted by molar-refractivity contribution is 0.614. The molecule has 3 rings (SSSR count). The fourth-order valence-electron chi connectivity index (χ4n) is 2.33. The molecule has 2 heterocycles. The predicted octanol–water partition coefficient (Wildman–Crippen LogP) is 4.57. The van der Waals surface area contributed by atoms with Gasteiger partial charge in [0.05, 0.1) is 10.9 Å². The molecule has 5 heteroatoms. The third-order valence-corrected chi connectivity index (χ3v) is 5.02. The quantitative estimate of drug-likeness (QED) is 0.716. The molecule has 0 aliphatic rings. The van der Waals surface area contributed by atoms with Crippen LogP contribution < -0.4 is 5.32 Å². The van der Waals surface area contributed by atoms with E-state index in [1.54, 1.807) is 17.7 Å². The van der Waals surface area contributed by atoms with Gasteiger partial charge in [-0.2, -0.15) is 0 Å². The molecule has 0 saturated heterocycles. The highest BCUT2D eigenvalue weighted by atomic mass is 35.5. The molecule has 1 N–H and O–H groups in total. The maximum atomic E-state index is 6.25. The van der Waals surface area contributed by atoms with Gasteiger partial charge in [0.2, 0.25) is 0 Å². The second kappa shape index (κ2) is 5.62. The van der Waals surface area contributed by atoms with Crippen molar-refractivity contribution in [2.45, 2.75) is 19.4 Å². The van der Waals surface area contributed by atoms with Crippen LogP contribution in [0.15, 0.2) is 42.7 Å². The molecule has 0 spiro atoms. The molecule has 108 valence electrons. The molecule has 0 radical (unpaired) electrons. The van der Waals surface area contributed by atoms with Crippen LogP contribution in [0.25, 0.3) is 10.2 Å². The second-order valence-corrected chi connectivity index (χ2v) is 6.76. The summed E-state index contributed by atoms with van der Waals surface area (Å²) in [5.41, 5.74) is 0.763. The Balaban J connectivity index is 2.03. The molecule has 0 saturated carbocycles. The molecule has 1 atom stereocenters. The highest BCUT2D eigenvalue weighted by Crippen LogP contribution is 2.32. The zero-order chi connectivity index (χ0) is 14.9. The Bertz CT molecular complexity index is 757. The van der Waals surface area contributed by atoms with Gasteiger partial charge in [-0.25, -0.2) is 9.97 Å². The van der Waals surface area contributed by atoms with Gasteiger partial charge in [-0.3, -0.25) is 0 Å². The molecule has 21 heavy (non-hydrogen) atoms. The number of hydrogen-bond acceptors (Lipinski definition) is 4. The molecule has 0 amide bonds. The van der Waals surface area contributed by atoms with Crippen molar-refractivity contribution in [1.82, 2.24) is 9.97 Å². The van der Waals surface area contributed by atoms with Gasteiger partial charge in [0, 0.05) is 10.8 Å². The van der Waals surface area contributed by atoms with Crippen molar-refractivity contribution < 1.29 is 0 Å². The van der Waals surface area contributed by atoms with Crippen molar-refractivity contribution in [1.29, 1.82) is 0 Å². The number of anilines is 1. The number of nitrogens with zero attached hydrogens (tertiary/aromatic N) is 2. The number of nitrogens with one attached hydrogen (secondary N) is 1. The van der Waals surface area contributed by atoms with Gasteiger partial charge in [0.25, 0.3) is 0 Å². The third kappa shape index (κ3) is 2.74. The number of alkyl halides is 1. The zero-order valence-electron chi connectivity index (χ0n) is 11.9. The highest BCUT2D eigenvalue weighted by molar-refractivity contribution is 7.18. The maximum absolute atomic E-state index is 6.25. The first kappa shape index (κ1) is 14.3. The first-order valence-corrected chi connectivity index (χ1v) is 8.08. The minimum Gasteiger partial charge on any atom is -0.359 e. The largest absolute Gasteiger partial charge is 0.359 e. The summed E-state index contributed by atoms with van der Waals surface area (Å²) in [4.78, 5) is 10.9. The summed E-state index contributed by atoms with van der Waals surface area (Å²) in [7, 11) is 0. The number of rotatable bonds is 4. The van der Waals surface area contributed by atoms with Gasteiger partial charge in [-0.15, -0.1) is 22.9 Å². The lowest BCUT2D eigenvalue weighted by atomic mass is 9.94. The van der Waals surface area contributed by atoms with E-state index in [9.17, 15) is 0 Å². The number of aromatic nitrogens is 2. The summed E-state index contributed by atoms with van der Waals surface area (Å²) >= 11 is 7.92. The molecule has 0 bridgehead atoms. The van der Waals surface area contributed by atoms with E-state index >= 15 is 0 Å². The van der Waals surface area contributed by atoms with Crippen molar-refractivity contribution in [3.8, 4) is 0 Å². The number of fused-ring (bicyclic) bond motifs is 1. The summed E-state index contributed by atoms with van der Waals surface area (Å²) < 4.78 is 0. The normalized spacial score (nSPS) is 14.0. The molecule has 1 unspecified atom stereocenters. The van der Waals surface area contributed by atoms with Crippen LogP contribution in [0, 0.1) is 6.92 Å². The molecule has 0 fully saturated rings. The minimum atomic E-state index is -0.375. The Morgan fingerprint density at radius 1 is 1.24 bits per heavy atom. The van der Waals surface area contributed by atoms with Gasteiger partial charge in [0.15, 0.2) is 0 Å². The molecule has 2 aromatic heterocycles. The summed E-state index contributed by atoms with van der Waals surface area (Å²) in [6.45, 7) is 4.16. The summed E-state index contributed by atoms with van der Waals surface area (Å²) in [5, 5.41) is 4.55. The fraction of sp³-hybridized carbons (Fsp3) is 0.250. The maximum Gasteiger partial charge on any atom is 0.138 e. The predicted molar refractivity (Wildman–Crippen MR) is 90.3 cm³/mol. The number of benzene rings is 1. The van der Waals surface area contributed by atoms with E-state index in [1.807, 2.05) is 18.2 Å². The van der Waals surface area contributed by atoms with E-state index in [-0.39, 0.29) is 5.54 Å². The lowest BCUT2D eigenvalue weighted by Gasteiger charge is -2.30. The average Bonchev–Trinajstić information content (AvgIpc) is 2.89. The molecule has 0 aliphatic heterocycles. The summed E-state index contributed by atoms with van der Waals surface area (Å²) in [5.74, 6) is 1.28. The van der Waals surface area contributed by atoms with Crippen LogP contribution in [0.5, 0.6) is 0 Å². The van der Waals surface area contributed by atoms with Gasteiger partial charge in [0.1, 0.15) is 17.0 Å². The van der Waals surface area contributed by atoms with Crippen LogP contribution in [-0.2, 0) is 5.54 Å². The van der Waals surface area contributed by atoms with Gasteiger partial charge < -0.3 is 5.32 Å². The Morgan fingerprint density at radius 2 is 2.00 bits per heavy atom. The monoisotopic (exact) mass is 317 g/mol. The van der Waals surface area contributed by atoms with Crippen molar-refractivity contribution in [3.63, 3.8) is 0 Å². The van der Waals surface area contributed by atoms with Crippen molar-refractivity contribution in [2.24, 2.45) is 0 Å². The van der Waals surface area contributed by atoms with Crippen LogP contribution in [0.4, 0.5) is 5.82 Å². The Kier molecular flexibility index (Phi) is 3.83. The zero-order valence-corrected chi connectivity index (χ0v) is 13.5. The summed E-state index contributed by atoms with van der Waals surface area (Å²) in [6, 6.07) is 12.3. The second-order valence-electron chi connectivity index (χ2n) is 5.25. The minimum absolute atomic E-state index is 0.375. The van der Waals surface area contributed by atoms with Crippen molar-refractivity contribution >= 4 is 39.0 Å². The Hall–Kier alpha value is -1.65. The number of hydrogen-bond donors (Lipinski definition) is 1. The number of halogens is 1. The topological polar surface area (TPSA) is 37.8 Å². The average molecular weight is 318 g/mol. The van der Waals surface area contributed by atoms with Crippen molar-refractivity contribution in [2.75, 3.05) is 11.2 Å². The van der Waals surface area contributed by atoms with E-state index < -0.39 is 0 Å². The van der Waals surface area contributed by atoms with E-state index in [0.717, 1.165) is 21.6 Å². The standard InChI is InChI=1S/C16H16ClN3S/c1-11-8-13-14(18-10-19-15(13)21-11)20-16(2,9-17)12-6-4-3-5-7-12/h3-8,10H,9H2,1-2H3,(H,18,19,20). The van der Waals surface area contributed by atoms with E-state index in [2.05, 4.69) is 47.3 Å². The molecule has 3 nitrogen and oxygen atoms in total. The Morgan fingerprint density at radius 3 is 2.71 bits per heavy atom. The molecule has 1 aromatic carbocycles. The third-order valence-electron chi connectivity index (χ3n) is 3.53. The molecule has 3 aromatic rings. The molecule has 0 aliphatic carbocycles. The van der Waals surface area contributed by atoms with Gasteiger partial charge in [-0.1, -0.05) is 30.3 Å². The molecular weight excluding hydrogens is 302 g/mol. The van der Waals surface area contributed by atoms with E-state index in [1.165, 1.54) is 4.88 Å². The van der Waals surface area contributed by atoms with E-state index in [0.29, 0.717) is 5.88 Å². The number of thiophene rings is 1.